The van der Waals surface area contributed by atoms with Gasteiger partial charge in [-0.05, 0) is 23.4 Å². The van der Waals surface area contributed by atoms with E-state index in [0.29, 0.717) is 10.7 Å². The number of H-pyrrole nitrogens is 1. The van der Waals surface area contributed by atoms with Crippen molar-refractivity contribution in [2.24, 2.45) is 0 Å². The van der Waals surface area contributed by atoms with Gasteiger partial charge in [-0.15, -0.1) is 10.2 Å². The molecule has 1 heterocycles. The van der Waals surface area contributed by atoms with Gasteiger partial charge in [0.15, 0.2) is 0 Å². The highest BCUT2D eigenvalue weighted by molar-refractivity contribution is 6.33. The minimum absolute atomic E-state index is 0.137. The Morgan fingerprint density at radius 3 is 3.06 bits per heavy atom. The lowest BCUT2D eigenvalue weighted by Crippen LogP contribution is -1.94. The molecule has 2 N–H and O–H groups in total. The van der Waals surface area contributed by atoms with Crippen LogP contribution in [-0.2, 0) is 0 Å². The van der Waals surface area contributed by atoms with Gasteiger partial charge in [0, 0.05) is 6.20 Å². The van der Waals surface area contributed by atoms with Crippen LogP contribution in [0, 0.1) is 17.1 Å². The van der Waals surface area contributed by atoms with Crippen LogP contribution in [0.2, 0.25) is 5.02 Å². The van der Waals surface area contributed by atoms with Gasteiger partial charge in [0.25, 0.3) is 0 Å². The summed E-state index contributed by atoms with van der Waals surface area (Å²) in [5, 5.41) is 24.8. The maximum Gasteiger partial charge on any atom is 0.216 e. The minimum atomic E-state index is -0.437. The van der Waals surface area contributed by atoms with E-state index in [1.807, 2.05) is 6.07 Å². The topological polar surface area (TPSA) is 90.3 Å². The van der Waals surface area contributed by atoms with Crippen molar-refractivity contribution in [1.29, 1.82) is 5.26 Å². The summed E-state index contributed by atoms with van der Waals surface area (Å²) in [6, 6.07) is 5.75. The van der Waals surface area contributed by atoms with Crippen molar-refractivity contribution in [2.45, 2.75) is 0 Å². The van der Waals surface area contributed by atoms with E-state index >= 15 is 0 Å². The largest absolute Gasteiger partial charge is 0.359 e. The highest BCUT2D eigenvalue weighted by Gasteiger charge is 2.06. The number of nitrogens with zero attached hydrogens (tertiary/aromatic N) is 4. The standard InChI is InChI=1S/C10H6ClFN6/c11-8-2-1-7(12)3-9(8)14-5-6(4-13)10-15-17-18-16-10/h1-3,5,14H,(H,15,16,17,18). The Morgan fingerprint density at radius 1 is 1.56 bits per heavy atom. The number of anilines is 1. The fourth-order valence-electron chi connectivity index (χ4n) is 1.18. The highest BCUT2D eigenvalue weighted by Crippen LogP contribution is 2.23. The van der Waals surface area contributed by atoms with Crippen molar-refractivity contribution >= 4 is 22.9 Å². The molecular formula is C10H6ClFN6. The summed E-state index contributed by atoms with van der Waals surface area (Å²) in [6.07, 6.45) is 1.32. The van der Waals surface area contributed by atoms with Gasteiger partial charge in [-0.3, -0.25) is 0 Å². The van der Waals surface area contributed by atoms with E-state index in [2.05, 4.69) is 25.9 Å². The van der Waals surface area contributed by atoms with Crippen LogP contribution >= 0.6 is 11.6 Å². The maximum atomic E-state index is 13.0. The van der Waals surface area contributed by atoms with Crippen molar-refractivity contribution in [2.75, 3.05) is 5.32 Å². The molecule has 0 aliphatic rings. The second-order valence-corrected chi connectivity index (χ2v) is 3.58. The molecule has 90 valence electrons. The van der Waals surface area contributed by atoms with Crippen molar-refractivity contribution in [3.05, 3.63) is 41.1 Å². The summed E-state index contributed by atoms with van der Waals surface area (Å²) in [4.78, 5) is 0. The number of rotatable bonds is 3. The zero-order valence-corrected chi connectivity index (χ0v) is 9.61. The Morgan fingerprint density at radius 2 is 2.39 bits per heavy atom. The first-order chi connectivity index (χ1) is 8.70. The molecule has 0 saturated carbocycles. The molecule has 1 aromatic heterocycles. The number of benzene rings is 1. The second kappa shape index (κ2) is 5.25. The molecule has 0 spiro atoms. The predicted octanol–water partition coefficient (Wildman–Crippen LogP) is 1.97. The number of allylic oxidation sites excluding steroid dienone is 1. The first-order valence-corrected chi connectivity index (χ1v) is 5.14. The summed E-state index contributed by atoms with van der Waals surface area (Å²) >= 11 is 5.86. The third-order valence-electron chi connectivity index (χ3n) is 2.01. The third-order valence-corrected chi connectivity index (χ3v) is 2.34. The molecule has 2 rings (SSSR count). The van der Waals surface area contributed by atoms with Crippen LogP contribution < -0.4 is 5.32 Å². The van der Waals surface area contributed by atoms with Gasteiger partial charge >= 0.3 is 0 Å². The molecule has 18 heavy (non-hydrogen) atoms. The zero-order valence-electron chi connectivity index (χ0n) is 8.85. The molecular weight excluding hydrogens is 259 g/mol. The quantitative estimate of drug-likeness (QED) is 0.827. The van der Waals surface area contributed by atoms with E-state index in [1.54, 1.807) is 0 Å². The number of nitriles is 1. The molecule has 0 aliphatic carbocycles. The van der Waals surface area contributed by atoms with E-state index in [0.717, 1.165) is 0 Å². The van der Waals surface area contributed by atoms with Gasteiger partial charge in [0.05, 0.1) is 10.7 Å². The summed E-state index contributed by atoms with van der Waals surface area (Å²) in [6.45, 7) is 0. The number of halogens is 2. The van der Waals surface area contributed by atoms with Gasteiger partial charge in [0.1, 0.15) is 17.5 Å². The highest BCUT2D eigenvalue weighted by atomic mass is 35.5. The fraction of sp³-hybridized carbons (Fsp3) is 0. The Hall–Kier alpha value is -2.46. The van der Waals surface area contributed by atoms with Crippen LogP contribution in [0.25, 0.3) is 5.57 Å². The molecule has 0 saturated heterocycles. The van der Waals surface area contributed by atoms with Crippen molar-refractivity contribution in [1.82, 2.24) is 20.6 Å². The molecule has 0 unspecified atom stereocenters. The number of hydrogen-bond acceptors (Lipinski definition) is 5. The predicted molar refractivity (Wildman–Crippen MR) is 62.8 cm³/mol. The third kappa shape index (κ3) is 2.61. The molecule has 6 nitrogen and oxygen atoms in total. The minimum Gasteiger partial charge on any atom is -0.359 e. The Kier molecular flexibility index (Phi) is 3.50. The second-order valence-electron chi connectivity index (χ2n) is 3.17. The number of tetrazole rings is 1. The maximum absolute atomic E-state index is 13.0. The van der Waals surface area contributed by atoms with Gasteiger partial charge in [-0.1, -0.05) is 11.6 Å². The van der Waals surface area contributed by atoms with E-state index in [4.69, 9.17) is 16.9 Å². The van der Waals surface area contributed by atoms with Crippen molar-refractivity contribution in [3.63, 3.8) is 0 Å². The summed E-state index contributed by atoms with van der Waals surface area (Å²) < 4.78 is 13.0. The number of aromatic amines is 1. The molecule has 1 aromatic carbocycles. The number of nitrogens with one attached hydrogen (secondary N) is 2. The van der Waals surface area contributed by atoms with Crippen LogP contribution in [0.4, 0.5) is 10.1 Å². The zero-order chi connectivity index (χ0) is 13.0. The average Bonchev–Trinajstić information content (AvgIpc) is 2.88. The Bertz CT molecular complexity index is 616. The molecule has 8 heteroatoms. The van der Waals surface area contributed by atoms with Crippen LogP contribution in [0.5, 0.6) is 0 Å². The lowest BCUT2D eigenvalue weighted by atomic mass is 10.3. The monoisotopic (exact) mass is 264 g/mol. The van der Waals surface area contributed by atoms with Crippen molar-refractivity contribution < 1.29 is 4.39 Å². The van der Waals surface area contributed by atoms with Crippen LogP contribution in [0.1, 0.15) is 5.82 Å². The molecule has 0 atom stereocenters. The van der Waals surface area contributed by atoms with Crippen molar-refractivity contribution in [3.8, 4) is 6.07 Å². The lowest BCUT2D eigenvalue weighted by Gasteiger charge is -2.03. The first-order valence-electron chi connectivity index (χ1n) is 4.76. The summed E-state index contributed by atoms with van der Waals surface area (Å²) in [7, 11) is 0. The molecule has 0 amide bonds. The van der Waals surface area contributed by atoms with Gasteiger partial charge in [-0.2, -0.15) is 10.5 Å². The molecule has 0 radical (unpaired) electrons. The van der Waals surface area contributed by atoms with Gasteiger partial charge < -0.3 is 5.32 Å². The normalized spacial score (nSPS) is 11.1. The van der Waals surface area contributed by atoms with E-state index in [1.165, 1.54) is 24.4 Å². The van der Waals surface area contributed by atoms with Crippen LogP contribution in [-0.4, -0.2) is 20.6 Å². The van der Waals surface area contributed by atoms with E-state index in [-0.39, 0.29) is 11.4 Å². The molecule has 0 bridgehead atoms. The number of aromatic nitrogens is 4. The summed E-state index contributed by atoms with van der Waals surface area (Å²) in [5.74, 6) is -0.300. The number of hydrogen-bond donors (Lipinski definition) is 2. The van der Waals surface area contributed by atoms with Gasteiger partial charge in [0.2, 0.25) is 5.82 Å². The van der Waals surface area contributed by atoms with Crippen LogP contribution in [0.3, 0.4) is 0 Å². The van der Waals surface area contributed by atoms with Gasteiger partial charge in [-0.25, -0.2) is 4.39 Å². The van der Waals surface area contributed by atoms with E-state index in [9.17, 15) is 4.39 Å². The summed E-state index contributed by atoms with van der Waals surface area (Å²) in [5.41, 5.74) is 0.483. The van der Waals surface area contributed by atoms with Crippen LogP contribution in [0.15, 0.2) is 24.4 Å². The molecule has 0 fully saturated rings. The Labute approximate surface area is 106 Å². The first kappa shape index (κ1) is 12.0. The lowest BCUT2D eigenvalue weighted by molar-refractivity contribution is 0.628. The average molecular weight is 265 g/mol. The Balaban J connectivity index is 2.24. The SMILES string of the molecule is N#CC(=CNc1cc(F)ccc1Cl)c1nn[nH]n1. The fourth-order valence-corrected chi connectivity index (χ4v) is 1.35. The molecule has 0 aliphatic heterocycles. The smallest absolute Gasteiger partial charge is 0.216 e. The molecule has 2 aromatic rings. The van der Waals surface area contributed by atoms with E-state index < -0.39 is 5.82 Å².